The smallest absolute Gasteiger partial charge is 0.340 e. The summed E-state index contributed by atoms with van der Waals surface area (Å²) < 4.78 is 30.2. The molecule has 0 fully saturated rings. The number of amides is 2. The van der Waals surface area contributed by atoms with Gasteiger partial charge in [-0.2, -0.15) is 0 Å². The zero-order valence-corrected chi connectivity index (χ0v) is 15.8. The van der Waals surface area contributed by atoms with Crippen molar-refractivity contribution in [2.75, 3.05) is 36.1 Å². The molecular formula is C18H21N3O5S. The van der Waals surface area contributed by atoms with Gasteiger partial charge in [0.1, 0.15) is 0 Å². The largest absolute Gasteiger partial charge is 0.465 e. The fourth-order valence-electron chi connectivity index (χ4n) is 2.41. The number of nitrogens with one attached hydrogen (secondary N) is 2. The quantitative estimate of drug-likeness (QED) is 0.703. The Kier molecular flexibility index (Phi) is 6.78. The number of hydrogen-bond donors (Lipinski definition) is 2. The number of nitrogens with zero attached hydrogens (tertiary/aromatic N) is 1. The van der Waals surface area contributed by atoms with E-state index in [0.717, 1.165) is 10.6 Å². The highest BCUT2D eigenvalue weighted by Gasteiger charge is 2.23. The molecule has 27 heavy (non-hydrogen) atoms. The minimum absolute atomic E-state index is 0.0429. The van der Waals surface area contributed by atoms with Crippen molar-refractivity contribution in [3.63, 3.8) is 0 Å². The molecule has 2 aromatic rings. The number of ether oxygens (including phenoxy) is 1. The van der Waals surface area contributed by atoms with Gasteiger partial charge in [-0.3, -0.25) is 4.31 Å². The van der Waals surface area contributed by atoms with E-state index in [0.29, 0.717) is 5.69 Å². The lowest BCUT2D eigenvalue weighted by Gasteiger charge is -2.24. The molecule has 0 unspecified atom stereocenters. The van der Waals surface area contributed by atoms with Gasteiger partial charge in [-0.15, -0.1) is 0 Å². The number of para-hydroxylation sites is 2. The zero-order chi connectivity index (χ0) is 19.9. The SMILES string of the molecule is COC(=O)c1ccccc1N(CCNC(=O)Nc1ccccc1)S(C)(=O)=O. The highest BCUT2D eigenvalue weighted by Crippen LogP contribution is 2.23. The summed E-state index contributed by atoms with van der Waals surface area (Å²) in [4.78, 5) is 23.9. The van der Waals surface area contributed by atoms with Gasteiger partial charge in [-0.05, 0) is 24.3 Å². The van der Waals surface area contributed by atoms with Gasteiger partial charge in [-0.25, -0.2) is 18.0 Å². The maximum absolute atomic E-state index is 12.2. The Balaban J connectivity index is 2.09. The van der Waals surface area contributed by atoms with Crippen LogP contribution in [-0.2, 0) is 14.8 Å². The number of esters is 1. The van der Waals surface area contributed by atoms with Crippen LogP contribution in [0.4, 0.5) is 16.2 Å². The van der Waals surface area contributed by atoms with Crippen molar-refractivity contribution in [3.8, 4) is 0 Å². The van der Waals surface area contributed by atoms with Gasteiger partial charge >= 0.3 is 12.0 Å². The summed E-state index contributed by atoms with van der Waals surface area (Å²) in [7, 11) is -2.46. The molecule has 0 aliphatic rings. The number of hydrogen-bond acceptors (Lipinski definition) is 5. The molecule has 0 atom stereocenters. The highest BCUT2D eigenvalue weighted by molar-refractivity contribution is 7.92. The van der Waals surface area contributed by atoms with Crippen LogP contribution in [0.3, 0.4) is 0 Å². The second-order valence-electron chi connectivity index (χ2n) is 5.59. The summed E-state index contributed by atoms with van der Waals surface area (Å²) in [5.74, 6) is -0.644. The third kappa shape index (κ3) is 5.71. The average Bonchev–Trinajstić information content (AvgIpc) is 2.64. The van der Waals surface area contributed by atoms with Gasteiger partial charge in [0.15, 0.2) is 0 Å². The van der Waals surface area contributed by atoms with E-state index in [1.54, 1.807) is 36.4 Å². The first-order valence-electron chi connectivity index (χ1n) is 8.08. The fraction of sp³-hybridized carbons (Fsp3) is 0.222. The molecular weight excluding hydrogens is 370 g/mol. The van der Waals surface area contributed by atoms with E-state index >= 15 is 0 Å². The number of urea groups is 1. The van der Waals surface area contributed by atoms with Gasteiger partial charge < -0.3 is 15.4 Å². The van der Waals surface area contributed by atoms with Crippen molar-refractivity contribution in [1.82, 2.24) is 5.32 Å². The number of methoxy groups -OCH3 is 1. The molecule has 2 rings (SSSR count). The predicted octanol–water partition coefficient (Wildman–Crippen LogP) is 2.06. The molecule has 0 spiro atoms. The van der Waals surface area contributed by atoms with Crippen molar-refractivity contribution < 1.29 is 22.7 Å². The van der Waals surface area contributed by atoms with E-state index < -0.39 is 22.0 Å². The lowest BCUT2D eigenvalue weighted by atomic mass is 10.2. The van der Waals surface area contributed by atoms with Crippen LogP contribution in [0, 0.1) is 0 Å². The molecule has 2 amide bonds. The highest BCUT2D eigenvalue weighted by atomic mass is 32.2. The molecule has 9 heteroatoms. The summed E-state index contributed by atoms with van der Waals surface area (Å²) in [6.07, 6.45) is 1.03. The Morgan fingerprint density at radius 1 is 1.04 bits per heavy atom. The lowest BCUT2D eigenvalue weighted by molar-refractivity contribution is 0.0601. The molecule has 2 N–H and O–H groups in total. The molecule has 0 aromatic heterocycles. The van der Waals surface area contributed by atoms with Gasteiger partial charge in [-0.1, -0.05) is 30.3 Å². The van der Waals surface area contributed by atoms with Gasteiger partial charge in [0, 0.05) is 12.2 Å². The summed E-state index contributed by atoms with van der Waals surface area (Å²) in [6.45, 7) is -0.00368. The molecule has 0 radical (unpaired) electrons. The number of sulfonamides is 1. The lowest BCUT2D eigenvalue weighted by Crippen LogP contribution is -2.40. The topological polar surface area (TPSA) is 105 Å². The molecule has 0 bridgehead atoms. The number of anilines is 2. The first kappa shape index (κ1) is 20.2. The van der Waals surface area contributed by atoms with Crippen LogP contribution in [0.15, 0.2) is 54.6 Å². The van der Waals surface area contributed by atoms with Crippen LogP contribution in [0.2, 0.25) is 0 Å². The second kappa shape index (κ2) is 9.04. The molecule has 144 valence electrons. The van der Waals surface area contributed by atoms with E-state index in [4.69, 9.17) is 4.74 Å². The molecule has 0 saturated heterocycles. The standard InChI is InChI=1S/C18H21N3O5S/c1-26-17(22)15-10-6-7-11-16(15)21(27(2,24)25)13-12-19-18(23)20-14-8-4-3-5-9-14/h3-11H,12-13H2,1-2H3,(H2,19,20,23). The van der Waals surface area contributed by atoms with Crippen LogP contribution < -0.4 is 14.9 Å². The van der Waals surface area contributed by atoms with Crippen LogP contribution >= 0.6 is 0 Å². The molecule has 0 heterocycles. The Hall–Kier alpha value is -3.07. The number of carbonyl (C=O) groups excluding carboxylic acids is 2. The molecule has 2 aromatic carbocycles. The van der Waals surface area contributed by atoms with Crippen molar-refractivity contribution in [3.05, 3.63) is 60.2 Å². The normalized spacial score (nSPS) is 10.7. The summed E-state index contributed by atoms with van der Waals surface area (Å²) >= 11 is 0. The first-order valence-corrected chi connectivity index (χ1v) is 9.92. The Morgan fingerprint density at radius 2 is 1.67 bits per heavy atom. The van der Waals surface area contributed by atoms with Crippen LogP contribution in [0.1, 0.15) is 10.4 Å². The van der Waals surface area contributed by atoms with Gasteiger partial charge in [0.2, 0.25) is 10.0 Å². The van der Waals surface area contributed by atoms with Crippen LogP contribution in [0.25, 0.3) is 0 Å². The zero-order valence-electron chi connectivity index (χ0n) is 15.0. The second-order valence-corrected chi connectivity index (χ2v) is 7.50. The van der Waals surface area contributed by atoms with Gasteiger partial charge in [0.25, 0.3) is 0 Å². The predicted molar refractivity (Wildman–Crippen MR) is 103 cm³/mol. The number of benzene rings is 2. The number of carbonyl (C=O) groups is 2. The minimum Gasteiger partial charge on any atom is -0.465 e. The van der Waals surface area contributed by atoms with E-state index in [9.17, 15) is 18.0 Å². The Morgan fingerprint density at radius 3 is 2.30 bits per heavy atom. The molecule has 0 saturated carbocycles. The maximum Gasteiger partial charge on any atom is 0.340 e. The monoisotopic (exact) mass is 391 g/mol. The van der Waals surface area contributed by atoms with E-state index in [1.807, 2.05) is 6.07 Å². The van der Waals surface area contributed by atoms with Crippen molar-refractivity contribution in [2.45, 2.75) is 0 Å². The third-order valence-corrected chi connectivity index (χ3v) is 4.79. The van der Waals surface area contributed by atoms with Gasteiger partial charge in [0.05, 0.1) is 31.2 Å². The fourth-order valence-corrected chi connectivity index (χ4v) is 3.35. The van der Waals surface area contributed by atoms with E-state index in [1.165, 1.54) is 19.2 Å². The Labute approximate surface area is 158 Å². The van der Waals surface area contributed by atoms with Crippen molar-refractivity contribution in [2.24, 2.45) is 0 Å². The Bertz CT molecular complexity index is 900. The van der Waals surface area contributed by atoms with E-state index in [-0.39, 0.29) is 24.3 Å². The summed E-state index contributed by atoms with van der Waals surface area (Å²) in [5.41, 5.74) is 0.933. The van der Waals surface area contributed by atoms with Crippen LogP contribution in [-0.4, -0.2) is 46.9 Å². The molecule has 8 nitrogen and oxygen atoms in total. The maximum atomic E-state index is 12.2. The average molecular weight is 391 g/mol. The van der Waals surface area contributed by atoms with Crippen molar-refractivity contribution in [1.29, 1.82) is 0 Å². The summed E-state index contributed by atoms with van der Waals surface area (Å²) in [6, 6.07) is 14.6. The third-order valence-electron chi connectivity index (χ3n) is 3.61. The first-order chi connectivity index (χ1) is 12.8. The summed E-state index contributed by atoms with van der Waals surface area (Å²) in [5, 5.41) is 5.23. The van der Waals surface area contributed by atoms with E-state index in [2.05, 4.69) is 10.6 Å². The number of rotatable bonds is 7. The molecule has 0 aliphatic carbocycles. The molecule has 0 aliphatic heterocycles. The van der Waals surface area contributed by atoms with Crippen molar-refractivity contribution >= 4 is 33.4 Å². The van der Waals surface area contributed by atoms with Crippen LogP contribution in [0.5, 0.6) is 0 Å². The minimum atomic E-state index is -3.69.